The number of hydrogen-bond acceptors (Lipinski definition) is 2. The highest BCUT2D eigenvalue weighted by Gasteiger charge is 2.12. The van der Waals surface area contributed by atoms with Gasteiger partial charge in [0.05, 0.1) is 6.10 Å². The molecule has 0 aliphatic rings. The van der Waals surface area contributed by atoms with Gasteiger partial charge in [-0.3, -0.25) is 0 Å². The second-order valence-corrected chi connectivity index (χ2v) is 4.45. The minimum absolute atomic E-state index is 0.0436. The molecule has 1 aromatic rings. The molecule has 1 N–H and O–H groups in total. The van der Waals surface area contributed by atoms with Crippen LogP contribution in [0.2, 0.25) is 0 Å². The van der Waals surface area contributed by atoms with Crippen LogP contribution in [0.15, 0.2) is 30.3 Å². The van der Waals surface area contributed by atoms with E-state index in [2.05, 4.69) is 5.32 Å². The molecule has 0 aliphatic heterocycles. The molecule has 0 bridgehead atoms. The lowest BCUT2D eigenvalue weighted by Gasteiger charge is -2.22. The van der Waals surface area contributed by atoms with Crippen molar-refractivity contribution in [2.24, 2.45) is 0 Å². The van der Waals surface area contributed by atoms with Crippen molar-refractivity contribution in [2.75, 3.05) is 19.7 Å². The van der Waals surface area contributed by atoms with E-state index in [1.807, 2.05) is 51.1 Å². The van der Waals surface area contributed by atoms with Crippen LogP contribution in [0.25, 0.3) is 0 Å². The fourth-order valence-electron chi connectivity index (χ4n) is 1.82. The summed E-state index contributed by atoms with van der Waals surface area (Å²) in [7, 11) is 0. The number of carbonyl (C=O) groups is 1. The first kappa shape index (κ1) is 15.5. The first-order valence-electron chi connectivity index (χ1n) is 6.85. The second-order valence-electron chi connectivity index (χ2n) is 4.45. The van der Waals surface area contributed by atoms with Gasteiger partial charge in [-0.1, -0.05) is 30.3 Å². The van der Waals surface area contributed by atoms with Gasteiger partial charge >= 0.3 is 6.03 Å². The summed E-state index contributed by atoms with van der Waals surface area (Å²) in [6.45, 7) is 8.41. The van der Waals surface area contributed by atoms with Gasteiger partial charge in [0, 0.05) is 26.2 Å². The first-order valence-corrected chi connectivity index (χ1v) is 6.85. The fraction of sp³-hybridized carbons (Fsp3) is 0.533. The van der Waals surface area contributed by atoms with Crippen molar-refractivity contribution in [3.63, 3.8) is 0 Å². The van der Waals surface area contributed by atoms with Crippen molar-refractivity contribution in [1.29, 1.82) is 0 Å². The zero-order chi connectivity index (χ0) is 14.1. The van der Waals surface area contributed by atoms with E-state index < -0.39 is 0 Å². The summed E-state index contributed by atoms with van der Waals surface area (Å²) in [5.74, 6) is 0. The highest BCUT2D eigenvalue weighted by atomic mass is 16.5. The third-order valence-corrected chi connectivity index (χ3v) is 2.88. The summed E-state index contributed by atoms with van der Waals surface area (Å²) in [5.41, 5.74) is 1.14. The van der Waals surface area contributed by atoms with Gasteiger partial charge in [-0.05, 0) is 26.3 Å². The van der Waals surface area contributed by atoms with Gasteiger partial charge in [-0.15, -0.1) is 0 Å². The molecule has 1 atom stereocenters. The highest BCUT2D eigenvalue weighted by Crippen LogP contribution is 2.04. The summed E-state index contributed by atoms with van der Waals surface area (Å²) in [5, 5.41) is 2.90. The average molecular weight is 264 g/mol. The monoisotopic (exact) mass is 264 g/mol. The van der Waals surface area contributed by atoms with E-state index in [-0.39, 0.29) is 12.1 Å². The molecule has 0 aliphatic carbocycles. The Balaban J connectivity index is 2.44. The molecule has 0 heterocycles. The number of amides is 2. The van der Waals surface area contributed by atoms with Crippen LogP contribution in [0.1, 0.15) is 26.3 Å². The van der Waals surface area contributed by atoms with Crippen molar-refractivity contribution >= 4 is 6.03 Å². The topological polar surface area (TPSA) is 41.6 Å². The molecule has 0 aromatic heterocycles. The molecule has 1 unspecified atom stereocenters. The molecule has 0 saturated heterocycles. The molecule has 1 rings (SSSR count). The number of rotatable bonds is 7. The molecule has 106 valence electrons. The molecule has 19 heavy (non-hydrogen) atoms. The van der Waals surface area contributed by atoms with Crippen LogP contribution < -0.4 is 5.32 Å². The SMILES string of the molecule is CCOC(C)CNC(=O)N(CC)Cc1ccccc1. The van der Waals surface area contributed by atoms with Gasteiger partial charge in [0.1, 0.15) is 0 Å². The lowest BCUT2D eigenvalue weighted by atomic mass is 10.2. The van der Waals surface area contributed by atoms with E-state index in [1.54, 1.807) is 4.90 Å². The number of ether oxygens (including phenoxy) is 1. The predicted octanol–water partition coefficient (Wildman–Crippen LogP) is 2.64. The smallest absolute Gasteiger partial charge is 0.317 e. The third-order valence-electron chi connectivity index (χ3n) is 2.88. The fourth-order valence-corrected chi connectivity index (χ4v) is 1.82. The average Bonchev–Trinajstić information content (AvgIpc) is 2.43. The number of nitrogens with zero attached hydrogens (tertiary/aromatic N) is 1. The Kier molecular flexibility index (Phi) is 6.97. The lowest BCUT2D eigenvalue weighted by molar-refractivity contribution is 0.0761. The number of carbonyl (C=O) groups excluding carboxylic acids is 1. The maximum absolute atomic E-state index is 12.0. The zero-order valence-corrected chi connectivity index (χ0v) is 12.1. The van der Waals surface area contributed by atoms with Crippen molar-refractivity contribution in [3.8, 4) is 0 Å². The van der Waals surface area contributed by atoms with Crippen LogP contribution in [0.3, 0.4) is 0 Å². The minimum Gasteiger partial charge on any atom is -0.377 e. The van der Waals surface area contributed by atoms with E-state index in [0.717, 1.165) is 5.56 Å². The molecule has 4 heteroatoms. The Morgan fingerprint density at radius 1 is 1.32 bits per heavy atom. The quantitative estimate of drug-likeness (QED) is 0.822. The van der Waals surface area contributed by atoms with Crippen LogP contribution in [0.5, 0.6) is 0 Å². The Bertz CT molecular complexity index is 368. The van der Waals surface area contributed by atoms with Crippen molar-refractivity contribution in [2.45, 2.75) is 33.4 Å². The Morgan fingerprint density at radius 2 is 2.00 bits per heavy atom. The number of nitrogens with one attached hydrogen (secondary N) is 1. The lowest BCUT2D eigenvalue weighted by Crippen LogP contribution is -2.42. The van der Waals surface area contributed by atoms with Crippen molar-refractivity contribution in [1.82, 2.24) is 10.2 Å². The van der Waals surface area contributed by atoms with Gasteiger partial charge in [0.25, 0.3) is 0 Å². The van der Waals surface area contributed by atoms with E-state index in [9.17, 15) is 4.79 Å². The Morgan fingerprint density at radius 3 is 2.58 bits per heavy atom. The molecule has 0 spiro atoms. The number of hydrogen-bond donors (Lipinski definition) is 1. The van der Waals surface area contributed by atoms with Gasteiger partial charge in [0.15, 0.2) is 0 Å². The van der Waals surface area contributed by atoms with Gasteiger partial charge in [-0.2, -0.15) is 0 Å². The molecule has 0 saturated carbocycles. The van der Waals surface area contributed by atoms with Crippen molar-refractivity contribution < 1.29 is 9.53 Å². The maximum Gasteiger partial charge on any atom is 0.317 e. The van der Waals surface area contributed by atoms with Crippen LogP contribution in [-0.2, 0) is 11.3 Å². The summed E-state index contributed by atoms with van der Waals surface area (Å²) in [6, 6.07) is 9.95. The first-order chi connectivity index (χ1) is 9.17. The van der Waals surface area contributed by atoms with Crippen molar-refractivity contribution in [3.05, 3.63) is 35.9 Å². The second kappa shape index (κ2) is 8.53. The van der Waals surface area contributed by atoms with Gasteiger partial charge in [0.2, 0.25) is 0 Å². The molecule has 4 nitrogen and oxygen atoms in total. The summed E-state index contributed by atoms with van der Waals surface area (Å²) >= 11 is 0. The normalized spacial score (nSPS) is 11.9. The molecule has 0 fully saturated rings. The summed E-state index contributed by atoms with van der Waals surface area (Å²) in [4.78, 5) is 13.8. The van der Waals surface area contributed by atoms with E-state index in [0.29, 0.717) is 26.2 Å². The van der Waals surface area contributed by atoms with Crippen LogP contribution in [0.4, 0.5) is 4.79 Å². The van der Waals surface area contributed by atoms with Crippen LogP contribution in [-0.4, -0.2) is 36.7 Å². The predicted molar refractivity (Wildman–Crippen MR) is 77.0 cm³/mol. The molecular weight excluding hydrogens is 240 g/mol. The Labute approximate surface area is 115 Å². The molecule has 0 radical (unpaired) electrons. The molecular formula is C15H24N2O2. The van der Waals surface area contributed by atoms with Gasteiger partial charge < -0.3 is 15.0 Å². The molecule has 1 aromatic carbocycles. The van der Waals surface area contributed by atoms with Crippen LogP contribution >= 0.6 is 0 Å². The maximum atomic E-state index is 12.0. The van der Waals surface area contributed by atoms with Gasteiger partial charge in [-0.25, -0.2) is 4.79 Å². The van der Waals surface area contributed by atoms with E-state index in [1.165, 1.54) is 0 Å². The standard InChI is InChI=1S/C15H24N2O2/c1-4-17(12-14-9-7-6-8-10-14)15(18)16-11-13(3)19-5-2/h6-10,13H,4-5,11-12H2,1-3H3,(H,16,18). The van der Waals surface area contributed by atoms with Crippen LogP contribution in [0, 0.1) is 0 Å². The minimum atomic E-state index is -0.0436. The number of benzene rings is 1. The molecule has 2 amide bonds. The van der Waals surface area contributed by atoms with E-state index >= 15 is 0 Å². The summed E-state index contributed by atoms with van der Waals surface area (Å²) < 4.78 is 5.39. The Hall–Kier alpha value is -1.55. The largest absolute Gasteiger partial charge is 0.377 e. The number of urea groups is 1. The van der Waals surface area contributed by atoms with E-state index in [4.69, 9.17) is 4.74 Å². The zero-order valence-electron chi connectivity index (χ0n) is 12.1. The highest BCUT2D eigenvalue weighted by molar-refractivity contribution is 5.74. The summed E-state index contributed by atoms with van der Waals surface area (Å²) in [6.07, 6.45) is 0.0457. The third kappa shape index (κ3) is 5.75.